The van der Waals surface area contributed by atoms with E-state index >= 15 is 0 Å². The lowest BCUT2D eigenvalue weighted by molar-refractivity contribution is 0.568. The third-order valence-electron chi connectivity index (χ3n) is 2.74. The van der Waals surface area contributed by atoms with Crippen LogP contribution in [0.2, 0.25) is 0 Å². The lowest BCUT2D eigenvalue weighted by Gasteiger charge is -2.19. The minimum absolute atomic E-state index is 0.0345. The van der Waals surface area contributed by atoms with Crippen LogP contribution in [0, 0.1) is 6.92 Å². The number of rotatable bonds is 2. The number of aromatic nitrogens is 2. The molecule has 0 saturated carbocycles. The van der Waals surface area contributed by atoms with Crippen molar-refractivity contribution in [2.24, 2.45) is 5.84 Å². The molecule has 0 spiro atoms. The van der Waals surface area contributed by atoms with Crippen molar-refractivity contribution in [3.63, 3.8) is 0 Å². The molecule has 18 heavy (non-hydrogen) atoms. The van der Waals surface area contributed by atoms with Gasteiger partial charge >= 0.3 is 0 Å². The van der Waals surface area contributed by atoms with E-state index in [-0.39, 0.29) is 5.41 Å². The Kier molecular flexibility index (Phi) is 3.36. The molecule has 5 heteroatoms. The van der Waals surface area contributed by atoms with Gasteiger partial charge in [0, 0.05) is 22.4 Å². The van der Waals surface area contributed by atoms with Crippen molar-refractivity contribution < 1.29 is 0 Å². The van der Waals surface area contributed by atoms with E-state index in [1.165, 1.54) is 5.56 Å². The number of hydrazine groups is 1. The Morgan fingerprint density at radius 1 is 1.22 bits per heavy atom. The Balaban J connectivity index is 2.58. The second-order valence-corrected chi connectivity index (χ2v) is 6.07. The molecule has 0 bridgehead atoms. The van der Waals surface area contributed by atoms with Crippen LogP contribution >= 0.6 is 11.3 Å². The molecular formula is C13H18N4S. The van der Waals surface area contributed by atoms with Crippen LogP contribution in [0.5, 0.6) is 0 Å². The molecule has 0 aliphatic rings. The number of nitrogens with zero attached hydrogens (tertiary/aromatic N) is 2. The quantitative estimate of drug-likeness (QED) is 0.645. The van der Waals surface area contributed by atoms with Gasteiger partial charge in [0.1, 0.15) is 5.82 Å². The minimum Gasteiger partial charge on any atom is -0.308 e. The highest BCUT2D eigenvalue weighted by Gasteiger charge is 2.19. The fraction of sp³-hybridized carbons (Fsp3) is 0.385. The molecule has 0 aliphatic carbocycles. The Labute approximate surface area is 111 Å². The van der Waals surface area contributed by atoms with E-state index in [9.17, 15) is 0 Å². The van der Waals surface area contributed by atoms with Crippen molar-refractivity contribution in [1.29, 1.82) is 0 Å². The molecule has 0 unspecified atom stereocenters. The number of nitrogens with one attached hydrogen (secondary N) is 1. The first kappa shape index (κ1) is 13.0. The molecule has 0 fully saturated rings. The summed E-state index contributed by atoms with van der Waals surface area (Å²) < 4.78 is 0. The molecule has 0 saturated heterocycles. The van der Waals surface area contributed by atoms with E-state index in [0.717, 1.165) is 17.1 Å². The predicted molar refractivity (Wildman–Crippen MR) is 76.6 cm³/mol. The topological polar surface area (TPSA) is 63.8 Å². The molecule has 2 rings (SSSR count). The number of nitrogen functional groups attached to an aromatic ring is 1. The molecular weight excluding hydrogens is 244 g/mol. The van der Waals surface area contributed by atoms with Gasteiger partial charge in [-0.05, 0) is 17.9 Å². The second kappa shape index (κ2) is 4.66. The van der Waals surface area contributed by atoms with Crippen molar-refractivity contribution in [1.82, 2.24) is 9.97 Å². The smallest absolute Gasteiger partial charge is 0.162 e. The van der Waals surface area contributed by atoms with Crippen LogP contribution in [0.4, 0.5) is 5.82 Å². The first-order valence-electron chi connectivity index (χ1n) is 5.81. The second-order valence-electron chi connectivity index (χ2n) is 5.32. The predicted octanol–water partition coefficient (Wildman–Crippen LogP) is 3.10. The lowest BCUT2D eigenvalue weighted by Crippen LogP contribution is -2.17. The Morgan fingerprint density at radius 2 is 1.94 bits per heavy atom. The average molecular weight is 262 g/mol. The van der Waals surface area contributed by atoms with Crippen LogP contribution in [0.25, 0.3) is 11.4 Å². The fourth-order valence-electron chi connectivity index (χ4n) is 1.62. The number of hydrogen-bond donors (Lipinski definition) is 2. The summed E-state index contributed by atoms with van der Waals surface area (Å²) in [4.78, 5) is 9.08. The number of nitrogens with two attached hydrogens (primary N) is 1. The van der Waals surface area contributed by atoms with E-state index in [4.69, 9.17) is 5.84 Å². The summed E-state index contributed by atoms with van der Waals surface area (Å²) in [5.74, 6) is 6.86. The number of hydrogen-bond acceptors (Lipinski definition) is 5. The van der Waals surface area contributed by atoms with Gasteiger partial charge < -0.3 is 5.43 Å². The minimum atomic E-state index is -0.0345. The monoisotopic (exact) mass is 262 g/mol. The molecule has 3 N–H and O–H groups in total. The van der Waals surface area contributed by atoms with Crippen molar-refractivity contribution in [3.05, 3.63) is 28.1 Å². The molecule has 2 aromatic heterocycles. The molecule has 96 valence electrons. The van der Waals surface area contributed by atoms with E-state index in [2.05, 4.69) is 53.8 Å². The van der Waals surface area contributed by atoms with Crippen LogP contribution < -0.4 is 11.3 Å². The molecule has 0 atom stereocenters. The van der Waals surface area contributed by atoms with Gasteiger partial charge in [-0.1, -0.05) is 20.8 Å². The SMILES string of the molecule is Cc1cscc1-c1nc(NN)cc(C(C)(C)C)n1. The van der Waals surface area contributed by atoms with E-state index < -0.39 is 0 Å². The largest absolute Gasteiger partial charge is 0.308 e. The van der Waals surface area contributed by atoms with Gasteiger partial charge in [0.05, 0.1) is 5.69 Å². The summed E-state index contributed by atoms with van der Waals surface area (Å²) in [5.41, 5.74) is 5.82. The van der Waals surface area contributed by atoms with Gasteiger partial charge in [-0.25, -0.2) is 15.8 Å². The standard InChI is InChI=1S/C13H18N4S/c1-8-6-18-7-9(8)12-15-10(13(2,3)4)5-11(16-12)17-14/h5-7H,14H2,1-4H3,(H,15,16,17). The summed E-state index contributed by atoms with van der Waals surface area (Å²) in [6, 6.07) is 1.89. The first-order chi connectivity index (χ1) is 8.41. The maximum atomic E-state index is 5.48. The molecule has 0 amide bonds. The lowest BCUT2D eigenvalue weighted by atomic mass is 9.92. The zero-order chi connectivity index (χ0) is 13.3. The van der Waals surface area contributed by atoms with Gasteiger partial charge in [0.2, 0.25) is 0 Å². The highest BCUT2D eigenvalue weighted by Crippen LogP contribution is 2.28. The van der Waals surface area contributed by atoms with Gasteiger partial charge in [-0.2, -0.15) is 11.3 Å². The Morgan fingerprint density at radius 3 is 2.44 bits per heavy atom. The summed E-state index contributed by atoms with van der Waals surface area (Å²) in [5, 5.41) is 4.16. The van der Waals surface area contributed by atoms with E-state index in [0.29, 0.717) is 5.82 Å². The van der Waals surface area contributed by atoms with Crippen LogP contribution in [0.1, 0.15) is 32.0 Å². The number of aryl methyl sites for hydroxylation is 1. The maximum Gasteiger partial charge on any atom is 0.162 e. The van der Waals surface area contributed by atoms with Gasteiger partial charge in [-0.15, -0.1) is 0 Å². The van der Waals surface area contributed by atoms with Crippen molar-refractivity contribution in [2.75, 3.05) is 5.43 Å². The summed E-state index contributed by atoms with van der Waals surface area (Å²) in [6.45, 7) is 8.44. The summed E-state index contributed by atoms with van der Waals surface area (Å²) in [6.07, 6.45) is 0. The molecule has 0 aromatic carbocycles. The van der Waals surface area contributed by atoms with E-state index in [1.807, 2.05) is 6.07 Å². The Bertz CT molecular complexity index is 554. The zero-order valence-electron chi connectivity index (χ0n) is 11.1. The maximum absolute atomic E-state index is 5.48. The third kappa shape index (κ3) is 2.52. The molecule has 2 aromatic rings. The van der Waals surface area contributed by atoms with Crippen LogP contribution in [-0.4, -0.2) is 9.97 Å². The molecule has 2 heterocycles. The van der Waals surface area contributed by atoms with Gasteiger partial charge in [0.15, 0.2) is 5.82 Å². The van der Waals surface area contributed by atoms with Crippen molar-refractivity contribution in [3.8, 4) is 11.4 Å². The fourth-order valence-corrected chi connectivity index (χ4v) is 2.44. The van der Waals surface area contributed by atoms with Crippen molar-refractivity contribution >= 4 is 17.2 Å². The van der Waals surface area contributed by atoms with Crippen LogP contribution in [-0.2, 0) is 5.41 Å². The van der Waals surface area contributed by atoms with Gasteiger partial charge in [0.25, 0.3) is 0 Å². The zero-order valence-corrected chi connectivity index (χ0v) is 11.9. The third-order valence-corrected chi connectivity index (χ3v) is 3.60. The van der Waals surface area contributed by atoms with Crippen LogP contribution in [0.15, 0.2) is 16.8 Å². The van der Waals surface area contributed by atoms with Crippen LogP contribution in [0.3, 0.4) is 0 Å². The Hall–Kier alpha value is -1.46. The molecule has 0 radical (unpaired) electrons. The summed E-state index contributed by atoms with van der Waals surface area (Å²) in [7, 11) is 0. The highest BCUT2D eigenvalue weighted by atomic mass is 32.1. The van der Waals surface area contributed by atoms with E-state index in [1.54, 1.807) is 11.3 Å². The van der Waals surface area contributed by atoms with Crippen molar-refractivity contribution in [2.45, 2.75) is 33.1 Å². The first-order valence-corrected chi connectivity index (χ1v) is 6.75. The van der Waals surface area contributed by atoms with Gasteiger partial charge in [-0.3, -0.25) is 0 Å². The number of anilines is 1. The number of thiophene rings is 1. The average Bonchev–Trinajstić information content (AvgIpc) is 2.73. The molecule has 0 aliphatic heterocycles. The molecule has 4 nitrogen and oxygen atoms in total. The normalized spacial score (nSPS) is 11.6. The highest BCUT2D eigenvalue weighted by molar-refractivity contribution is 7.08. The summed E-state index contributed by atoms with van der Waals surface area (Å²) >= 11 is 1.66.